The zero-order valence-electron chi connectivity index (χ0n) is 15.0. The first kappa shape index (κ1) is 17.0. The normalized spacial score (nSPS) is 16.8. The average molecular weight is 381 g/mol. The standard InChI is InChI=1S/C20H17F2N5O/c1-25-9-14(8-24-25)13-6-16(21)15(17(22)7-13)11-26-10-12-2-3-18-23-4-5-27(18)19(12)20(26)28/h2-9,20,28H,10-11H2,1H3. The Morgan fingerprint density at radius 1 is 1.18 bits per heavy atom. The third kappa shape index (κ3) is 2.61. The largest absolute Gasteiger partial charge is 0.372 e. The SMILES string of the molecule is Cn1cc(-c2cc(F)c(CN3Cc4ccc5nccn5c4C3O)c(F)c2)cn1. The fourth-order valence-corrected chi connectivity index (χ4v) is 3.80. The molecule has 0 fully saturated rings. The van der Waals surface area contributed by atoms with Crippen LogP contribution in [0.25, 0.3) is 16.8 Å². The second-order valence-electron chi connectivity index (χ2n) is 7.00. The zero-order valence-corrected chi connectivity index (χ0v) is 15.0. The third-order valence-electron chi connectivity index (χ3n) is 5.20. The molecule has 1 unspecified atom stereocenters. The molecule has 3 aromatic heterocycles. The molecule has 1 aromatic carbocycles. The first-order valence-corrected chi connectivity index (χ1v) is 8.85. The van der Waals surface area contributed by atoms with Crippen LogP contribution in [-0.4, -0.2) is 29.2 Å². The smallest absolute Gasteiger partial charge is 0.149 e. The number of hydrogen-bond donors (Lipinski definition) is 1. The maximum absolute atomic E-state index is 14.7. The lowest BCUT2D eigenvalue weighted by atomic mass is 10.1. The Bertz CT molecular complexity index is 1180. The van der Waals surface area contributed by atoms with Gasteiger partial charge in [-0.2, -0.15) is 5.10 Å². The highest BCUT2D eigenvalue weighted by atomic mass is 19.1. The molecule has 6 nitrogen and oxygen atoms in total. The van der Waals surface area contributed by atoms with Crippen LogP contribution in [0.5, 0.6) is 0 Å². The summed E-state index contributed by atoms with van der Waals surface area (Å²) < 4.78 is 32.8. The second kappa shape index (κ2) is 6.22. The maximum atomic E-state index is 14.7. The number of pyridine rings is 1. The van der Waals surface area contributed by atoms with E-state index >= 15 is 0 Å². The molecule has 4 heterocycles. The van der Waals surface area contributed by atoms with Crippen molar-refractivity contribution < 1.29 is 13.9 Å². The lowest BCUT2D eigenvalue weighted by molar-refractivity contribution is 0.00325. The van der Waals surface area contributed by atoms with E-state index in [0.29, 0.717) is 23.4 Å². The molecule has 28 heavy (non-hydrogen) atoms. The van der Waals surface area contributed by atoms with Crippen LogP contribution >= 0.6 is 0 Å². The van der Waals surface area contributed by atoms with Gasteiger partial charge in [0.05, 0.1) is 11.9 Å². The fraction of sp³-hybridized carbons (Fsp3) is 0.200. The Morgan fingerprint density at radius 3 is 2.68 bits per heavy atom. The Labute approximate surface area is 159 Å². The zero-order chi connectivity index (χ0) is 19.4. The molecule has 0 aliphatic carbocycles. The van der Waals surface area contributed by atoms with Crippen LogP contribution in [0.2, 0.25) is 0 Å². The van der Waals surface area contributed by atoms with Crippen LogP contribution in [0.1, 0.15) is 23.0 Å². The molecule has 0 amide bonds. The minimum absolute atomic E-state index is 0.0446. The van der Waals surface area contributed by atoms with Crippen LogP contribution < -0.4 is 0 Å². The van der Waals surface area contributed by atoms with Gasteiger partial charge in [0.1, 0.15) is 23.5 Å². The fourth-order valence-electron chi connectivity index (χ4n) is 3.80. The number of fused-ring (bicyclic) bond motifs is 3. The Kier molecular flexibility index (Phi) is 3.78. The first-order valence-electron chi connectivity index (χ1n) is 8.85. The number of aryl methyl sites for hydroxylation is 1. The molecule has 1 atom stereocenters. The lowest BCUT2D eigenvalue weighted by Crippen LogP contribution is -2.23. The van der Waals surface area contributed by atoms with Gasteiger partial charge in [-0.05, 0) is 29.3 Å². The van der Waals surface area contributed by atoms with Crippen molar-refractivity contribution in [3.8, 4) is 11.1 Å². The molecule has 0 saturated heterocycles. The number of aliphatic hydroxyl groups is 1. The molecule has 1 aliphatic rings. The monoisotopic (exact) mass is 381 g/mol. The molecular weight excluding hydrogens is 364 g/mol. The molecule has 0 saturated carbocycles. The van der Waals surface area contributed by atoms with Crippen LogP contribution in [0.3, 0.4) is 0 Å². The number of imidazole rings is 1. The van der Waals surface area contributed by atoms with Gasteiger partial charge in [-0.25, -0.2) is 13.8 Å². The summed E-state index contributed by atoms with van der Waals surface area (Å²) in [5.74, 6) is -1.29. The molecule has 0 bridgehead atoms. The summed E-state index contributed by atoms with van der Waals surface area (Å²) >= 11 is 0. The van der Waals surface area contributed by atoms with Gasteiger partial charge >= 0.3 is 0 Å². The van der Waals surface area contributed by atoms with Gasteiger partial charge in [0, 0.05) is 49.9 Å². The van der Waals surface area contributed by atoms with Crippen molar-refractivity contribution in [2.75, 3.05) is 0 Å². The number of halogens is 2. The summed E-state index contributed by atoms with van der Waals surface area (Å²) in [4.78, 5) is 5.85. The molecule has 1 N–H and O–H groups in total. The van der Waals surface area contributed by atoms with Crippen molar-refractivity contribution in [3.05, 3.63) is 77.5 Å². The summed E-state index contributed by atoms with van der Waals surface area (Å²) in [6, 6.07) is 6.36. The van der Waals surface area contributed by atoms with Crippen LogP contribution in [0.15, 0.2) is 49.1 Å². The predicted octanol–water partition coefficient (Wildman–Crippen LogP) is 3.02. The molecule has 1 aliphatic heterocycles. The van der Waals surface area contributed by atoms with Gasteiger partial charge in [0.25, 0.3) is 0 Å². The molecule has 5 rings (SSSR count). The number of hydrogen-bond acceptors (Lipinski definition) is 4. The van der Waals surface area contributed by atoms with Crippen molar-refractivity contribution in [1.82, 2.24) is 24.1 Å². The number of rotatable bonds is 3. The van der Waals surface area contributed by atoms with Gasteiger partial charge in [-0.3, -0.25) is 14.0 Å². The molecule has 142 valence electrons. The van der Waals surface area contributed by atoms with Gasteiger partial charge < -0.3 is 5.11 Å². The molecule has 0 radical (unpaired) electrons. The summed E-state index contributed by atoms with van der Waals surface area (Å²) in [5.41, 5.74) is 3.31. The molecular formula is C20H17F2N5O. The minimum Gasteiger partial charge on any atom is -0.372 e. The highest BCUT2D eigenvalue weighted by Gasteiger charge is 2.32. The summed E-state index contributed by atoms with van der Waals surface area (Å²) in [6.07, 6.45) is 5.72. The Morgan fingerprint density at radius 2 is 1.96 bits per heavy atom. The van der Waals surface area contributed by atoms with Crippen molar-refractivity contribution in [2.24, 2.45) is 7.05 Å². The molecule has 4 aromatic rings. The quantitative estimate of drug-likeness (QED) is 0.593. The molecule has 8 heteroatoms. The number of nitrogens with zero attached hydrogens (tertiary/aromatic N) is 5. The van der Waals surface area contributed by atoms with Gasteiger partial charge in [0.2, 0.25) is 0 Å². The lowest BCUT2D eigenvalue weighted by Gasteiger charge is -2.21. The van der Waals surface area contributed by atoms with Crippen molar-refractivity contribution in [3.63, 3.8) is 0 Å². The third-order valence-corrected chi connectivity index (χ3v) is 5.20. The van der Waals surface area contributed by atoms with Gasteiger partial charge in [0.15, 0.2) is 0 Å². The highest BCUT2D eigenvalue weighted by Crippen LogP contribution is 2.34. The topological polar surface area (TPSA) is 58.6 Å². The number of aromatic nitrogens is 4. The van der Waals surface area contributed by atoms with E-state index in [1.165, 1.54) is 12.1 Å². The number of aliphatic hydroxyl groups excluding tert-OH is 1. The molecule has 0 spiro atoms. The van der Waals surface area contributed by atoms with Gasteiger partial charge in [-0.1, -0.05) is 6.07 Å². The van der Waals surface area contributed by atoms with Crippen LogP contribution in [-0.2, 0) is 20.1 Å². The summed E-state index contributed by atoms with van der Waals surface area (Å²) in [5, 5.41) is 14.8. The Balaban J connectivity index is 1.46. The van der Waals surface area contributed by atoms with Crippen molar-refractivity contribution in [2.45, 2.75) is 19.3 Å². The maximum Gasteiger partial charge on any atom is 0.149 e. The van der Waals surface area contributed by atoms with Crippen LogP contribution in [0.4, 0.5) is 8.78 Å². The second-order valence-corrected chi connectivity index (χ2v) is 7.00. The highest BCUT2D eigenvalue weighted by molar-refractivity contribution is 5.62. The van der Waals surface area contributed by atoms with E-state index in [1.807, 2.05) is 12.1 Å². The first-order chi connectivity index (χ1) is 13.5. The van der Waals surface area contributed by atoms with Crippen LogP contribution in [0, 0.1) is 11.6 Å². The van der Waals surface area contributed by atoms with E-state index in [1.54, 1.807) is 45.8 Å². The van der Waals surface area contributed by atoms with E-state index in [0.717, 1.165) is 11.2 Å². The minimum atomic E-state index is -0.968. The average Bonchev–Trinajstić information content (AvgIpc) is 3.37. The predicted molar refractivity (Wildman–Crippen MR) is 98.0 cm³/mol. The summed E-state index contributed by atoms with van der Waals surface area (Å²) in [7, 11) is 1.74. The van der Waals surface area contributed by atoms with E-state index in [2.05, 4.69) is 10.1 Å². The summed E-state index contributed by atoms with van der Waals surface area (Å²) in [6.45, 7) is 0.352. The van der Waals surface area contributed by atoms with Crippen molar-refractivity contribution in [1.29, 1.82) is 0 Å². The van der Waals surface area contributed by atoms with E-state index < -0.39 is 17.9 Å². The van der Waals surface area contributed by atoms with Crippen molar-refractivity contribution >= 4 is 5.65 Å². The van der Waals surface area contributed by atoms with Gasteiger partial charge in [-0.15, -0.1) is 0 Å². The number of benzene rings is 1. The van der Waals surface area contributed by atoms with E-state index in [9.17, 15) is 13.9 Å². The van der Waals surface area contributed by atoms with E-state index in [4.69, 9.17) is 0 Å². The Hall–Kier alpha value is -3.10. The van der Waals surface area contributed by atoms with E-state index in [-0.39, 0.29) is 12.1 Å².